The van der Waals surface area contributed by atoms with E-state index in [1.165, 1.54) is 25.4 Å². The van der Waals surface area contributed by atoms with Crippen molar-refractivity contribution in [3.8, 4) is 17.7 Å². The number of rotatable bonds is 4. The van der Waals surface area contributed by atoms with Gasteiger partial charge in [-0.05, 0) is 18.2 Å². The molecule has 0 radical (unpaired) electrons. The van der Waals surface area contributed by atoms with Gasteiger partial charge in [-0.25, -0.2) is 9.37 Å². The molecular formula is C14H11FN2O2. The third kappa shape index (κ3) is 3.19. The number of ether oxygens (including phenoxy) is 2. The predicted octanol–water partition coefficient (Wildman–Crippen LogP) is 2.68. The molecule has 0 saturated heterocycles. The van der Waals surface area contributed by atoms with Crippen LogP contribution in [0.15, 0.2) is 36.5 Å². The third-order valence-corrected chi connectivity index (χ3v) is 2.49. The average Bonchev–Trinajstić information content (AvgIpc) is 2.45. The normalized spacial score (nSPS) is 9.74. The van der Waals surface area contributed by atoms with Crippen molar-refractivity contribution in [3.05, 3.63) is 53.5 Å². The van der Waals surface area contributed by atoms with E-state index in [0.717, 1.165) is 5.56 Å². The lowest BCUT2D eigenvalue weighted by molar-refractivity contribution is 0.284. The maximum Gasteiger partial charge on any atom is 0.216 e. The van der Waals surface area contributed by atoms with Crippen molar-refractivity contribution in [1.82, 2.24) is 4.98 Å². The molecule has 19 heavy (non-hydrogen) atoms. The highest BCUT2D eigenvalue weighted by molar-refractivity contribution is 5.42. The highest BCUT2D eigenvalue weighted by atomic mass is 19.1. The van der Waals surface area contributed by atoms with E-state index in [1.807, 2.05) is 6.07 Å². The van der Waals surface area contributed by atoms with Crippen LogP contribution in [0.1, 0.15) is 11.1 Å². The highest BCUT2D eigenvalue weighted by Crippen LogP contribution is 2.21. The first-order valence-electron chi connectivity index (χ1n) is 5.54. The van der Waals surface area contributed by atoms with Crippen LogP contribution in [0.5, 0.6) is 11.6 Å². The molecule has 0 atom stereocenters. The summed E-state index contributed by atoms with van der Waals surface area (Å²) in [5.41, 5.74) is 1.26. The molecule has 2 rings (SSSR count). The predicted molar refractivity (Wildman–Crippen MR) is 66.2 cm³/mol. The number of nitriles is 1. The zero-order chi connectivity index (χ0) is 13.7. The molecule has 0 fully saturated rings. The van der Waals surface area contributed by atoms with Gasteiger partial charge in [0.2, 0.25) is 5.88 Å². The number of methoxy groups -OCH3 is 1. The molecule has 1 aromatic heterocycles. The van der Waals surface area contributed by atoms with Gasteiger partial charge in [-0.15, -0.1) is 0 Å². The Kier molecular flexibility index (Phi) is 3.94. The van der Waals surface area contributed by atoms with Crippen LogP contribution in [-0.4, -0.2) is 12.1 Å². The van der Waals surface area contributed by atoms with Crippen LogP contribution in [-0.2, 0) is 6.61 Å². The van der Waals surface area contributed by atoms with Crippen molar-refractivity contribution in [3.63, 3.8) is 0 Å². The summed E-state index contributed by atoms with van der Waals surface area (Å²) in [6.45, 7) is 0.186. The number of aromatic nitrogens is 1. The quantitative estimate of drug-likeness (QED) is 0.846. The zero-order valence-electron chi connectivity index (χ0n) is 10.3. The summed E-state index contributed by atoms with van der Waals surface area (Å²) >= 11 is 0. The van der Waals surface area contributed by atoms with Gasteiger partial charge in [0.25, 0.3) is 0 Å². The highest BCUT2D eigenvalue weighted by Gasteiger charge is 2.06. The van der Waals surface area contributed by atoms with Crippen LogP contribution in [0.2, 0.25) is 0 Å². The summed E-state index contributed by atoms with van der Waals surface area (Å²) in [5, 5.41) is 8.80. The number of hydrogen-bond donors (Lipinski definition) is 0. The summed E-state index contributed by atoms with van der Waals surface area (Å²) in [7, 11) is 1.51. The molecule has 0 unspecified atom stereocenters. The fourth-order valence-electron chi connectivity index (χ4n) is 1.55. The number of nitrogens with zero attached hydrogens (tertiary/aromatic N) is 2. The lowest BCUT2D eigenvalue weighted by Gasteiger charge is -2.09. The van der Waals surface area contributed by atoms with Crippen molar-refractivity contribution in [1.29, 1.82) is 5.26 Å². The minimum atomic E-state index is -0.406. The second-order valence-electron chi connectivity index (χ2n) is 3.74. The largest absolute Gasteiger partial charge is 0.496 e. The van der Waals surface area contributed by atoms with Crippen LogP contribution in [0.4, 0.5) is 4.39 Å². The van der Waals surface area contributed by atoms with Gasteiger partial charge in [0.15, 0.2) is 0 Å². The molecule has 1 aromatic carbocycles. The van der Waals surface area contributed by atoms with Crippen LogP contribution in [0.25, 0.3) is 0 Å². The Morgan fingerprint density at radius 3 is 2.84 bits per heavy atom. The van der Waals surface area contributed by atoms with Crippen LogP contribution in [0, 0.1) is 17.1 Å². The molecule has 0 aliphatic carbocycles. The van der Waals surface area contributed by atoms with Crippen molar-refractivity contribution < 1.29 is 13.9 Å². The van der Waals surface area contributed by atoms with E-state index < -0.39 is 5.82 Å². The molecule has 0 spiro atoms. The van der Waals surface area contributed by atoms with Gasteiger partial charge < -0.3 is 9.47 Å². The molecule has 0 saturated carbocycles. The minimum Gasteiger partial charge on any atom is -0.496 e. The SMILES string of the molecule is COc1cc(C#N)ccc1COc1cc(F)ccn1. The van der Waals surface area contributed by atoms with Gasteiger partial charge in [-0.3, -0.25) is 0 Å². The molecule has 0 bridgehead atoms. The Bertz CT molecular complexity index is 623. The molecule has 0 aliphatic heterocycles. The summed E-state index contributed by atoms with van der Waals surface area (Å²) < 4.78 is 23.5. The minimum absolute atomic E-state index is 0.186. The molecule has 2 aromatic rings. The molecule has 96 valence electrons. The zero-order valence-corrected chi connectivity index (χ0v) is 10.3. The maximum absolute atomic E-state index is 13.0. The lowest BCUT2D eigenvalue weighted by Crippen LogP contribution is -2.00. The number of benzene rings is 1. The second-order valence-corrected chi connectivity index (χ2v) is 3.74. The Morgan fingerprint density at radius 1 is 1.32 bits per heavy atom. The van der Waals surface area contributed by atoms with E-state index in [9.17, 15) is 4.39 Å². The standard InChI is InChI=1S/C14H11FN2O2/c1-18-13-6-10(8-16)2-3-11(13)9-19-14-7-12(15)4-5-17-14/h2-7H,9H2,1H3. The molecule has 1 heterocycles. The summed E-state index contributed by atoms with van der Waals surface area (Å²) in [4.78, 5) is 3.89. The molecule has 4 nitrogen and oxygen atoms in total. The van der Waals surface area contributed by atoms with Crippen LogP contribution < -0.4 is 9.47 Å². The van der Waals surface area contributed by atoms with E-state index in [1.54, 1.807) is 18.2 Å². The molecular weight excluding hydrogens is 247 g/mol. The Balaban J connectivity index is 2.13. The van der Waals surface area contributed by atoms with Crippen molar-refractivity contribution >= 4 is 0 Å². The fourth-order valence-corrected chi connectivity index (χ4v) is 1.55. The van der Waals surface area contributed by atoms with E-state index in [4.69, 9.17) is 14.7 Å². The van der Waals surface area contributed by atoms with E-state index in [0.29, 0.717) is 11.3 Å². The van der Waals surface area contributed by atoms with Crippen LogP contribution >= 0.6 is 0 Å². The average molecular weight is 258 g/mol. The Hall–Kier alpha value is -2.61. The van der Waals surface area contributed by atoms with Gasteiger partial charge in [0.05, 0.1) is 18.7 Å². The molecule has 0 amide bonds. The van der Waals surface area contributed by atoms with E-state index in [-0.39, 0.29) is 12.5 Å². The molecule has 5 heteroatoms. The Labute approximate surface area is 110 Å². The summed E-state index contributed by atoms with van der Waals surface area (Å²) in [6.07, 6.45) is 1.33. The Morgan fingerprint density at radius 2 is 2.16 bits per heavy atom. The molecule has 0 N–H and O–H groups in total. The van der Waals surface area contributed by atoms with Crippen LogP contribution in [0.3, 0.4) is 0 Å². The summed E-state index contributed by atoms with van der Waals surface area (Å²) in [5.74, 6) is 0.346. The van der Waals surface area contributed by atoms with Crippen molar-refractivity contribution in [2.45, 2.75) is 6.61 Å². The van der Waals surface area contributed by atoms with E-state index >= 15 is 0 Å². The first-order valence-corrected chi connectivity index (χ1v) is 5.54. The number of halogens is 1. The maximum atomic E-state index is 13.0. The van der Waals surface area contributed by atoms with Gasteiger partial charge >= 0.3 is 0 Å². The molecule has 0 aliphatic rings. The first kappa shape index (κ1) is 12.8. The first-order chi connectivity index (χ1) is 9.22. The van der Waals surface area contributed by atoms with Gasteiger partial charge in [0, 0.05) is 17.8 Å². The fraction of sp³-hybridized carbons (Fsp3) is 0.143. The monoisotopic (exact) mass is 258 g/mol. The van der Waals surface area contributed by atoms with Gasteiger partial charge in [0.1, 0.15) is 18.2 Å². The number of pyridine rings is 1. The van der Waals surface area contributed by atoms with E-state index in [2.05, 4.69) is 4.98 Å². The third-order valence-electron chi connectivity index (χ3n) is 2.49. The smallest absolute Gasteiger partial charge is 0.216 e. The number of hydrogen-bond acceptors (Lipinski definition) is 4. The second kappa shape index (κ2) is 5.83. The van der Waals surface area contributed by atoms with Crippen molar-refractivity contribution in [2.24, 2.45) is 0 Å². The topological polar surface area (TPSA) is 55.1 Å². The summed E-state index contributed by atoms with van der Waals surface area (Å²) in [6, 6.07) is 9.50. The van der Waals surface area contributed by atoms with Gasteiger partial charge in [-0.2, -0.15) is 5.26 Å². The van der Waals surface area contributed by atoms with Crippen molar-refractivity contribution in [2.75, 3.05) is 7.11 Å². The van der Waals surface area contributed by atoms with Gasteiger partial charge in [-0.1, -0.05) is 6.07 Å². The lowest BCUT2D eigenvalue weighted by atomic mass is 10.1.